The molecule has 4 nitrogen and oxygen atoms in total. The van der Waals surface area contributed by atoms with Crippen LogP contribution in [-0.4, -0.2) is 29.3 Å². The molecule has 0 spiro atoms. The fourth-order valence-corrected chi connectivity index (χ4v) is 3.81. The van der Waals surface area contributed by atoms with E-state index >= 15 is 0 Å². The molecule has 0 saturated carbocycles. The second kappa shape index (κ2) is 12.0. The Morgan fingerprint density at radius 1 is 1.03 bits per heavy atom. The maximum absolute atomic E-state index is 13.2. The molecule has 1 N–H and O–H groups in total. The number of benzene rings is 2. The third kappa shape index (κ3) is 6.75. The largest absolute Gasteiger partial charge is 0.354 e. The number of nitrogens with zero attached hydrogens (tertiary/aromatic N) is 1. The normalized spacial score (nSPS) is 11.8. The van der Waals surface area contributed by atoms with Crippen molar-refractivity contribution in [3.63, 3.8) is 0 Å². The molecule has 2 amide bonds. The van der Waals surface area contributed by atoms with E-state index in [0.717, 1.165) is 12.0 Å². The lowest BCUT2D eigenvalue weighted by molar-refractivity contribution is -0.141. The molecule has 162 valence electrons. The smallest absolute Gasteiger partial charge is 0.242 e. The monoisotopic (exact) mass is 448 g/mol. The van der Waals surface area contributed by atoms with Crippen LogP contribution in [-0.2, 0) is 22.6 Å². The summed E-state index contributed by atoms with van der Waals surface area (Å²) in [6.07, 6.45) is 2.26. The molecular formula is C24H30Cl2N2O2. The van der Waals surface area contributed by atoms with E-state index in [1.54, 1.807) is 23.1 Å². The number of amides is 2. The number of nitrogens with one attached hydrogen (secondary N) is 1. The van der Waals surface area contributed by atoms with Gasteiger partial charge in [-0.2, -0.15) is 0 Å². The first-order valence-electron chi connectivity index (χ1n) is 10.4. The number of carbonyl (C=O) groups excluding carboxylic acids is 2. The molecule has 0 aromatic heterocycles. The quantitative estimate of drug-likeness (QED) is 0.516. The van der Waals surface area contributed by atoms with Crippen molar-refractivity contribution in [2.24, 2.45) is 0 Å². The molecule has 30 heavy (non-hydrogen) atoms. The standard InChI is InChI=1S/C24H30Cl2N2O2/c1-4-15-27-24(30)22(5-2)28(16-19-20(25)7-6-8-21(19)26)23(29)14-13-18-11-9-17(3)10-12-18/h6-12,22H,4-5,13-16H2,1-3H3,(H,27,30)/t22-/m0/s1. The van der Waals surface area contributed by atoms with Crippen LogP contribution in [0.5, 0.6) is 0 Å². The number of rotatable bonds is 10. The predicted octanol–water partition coefficient (Wildman–Crippen LogP) is 5.57. The van der Waals surface area contributed by atoms with Crippen molar-refractivity contribution in [2.75, 3.05) is 6.54 Å². The Bertz CT molecular complexity index is 833. The van der Waals surface area contributed by atoms with Gasteiger partial charge in [0.1, 0.15) is 6.04 Å². The van der Waals surface area contributed by atoms with E-state index in [0.29, 0.717) is 41.4 Å². The van der Waals surface area contributed by atoms with Gasteiger partial charge in [-0.1, -0.05) is 72.9 Å². The van der Waals surface area contributed by atoms with E-state index < -0.39 is 6.04 Å². The summed E-state index contributed by atoms with van der Waals surface area (Å²) in [4.78, 5) is 27.6. The van der Waals surface area contributed by atoms with Gasteiger partial charge >= 0.3 is 0 Å². The van der Waals surface area contributed by atoms with Crippen LogP contribution in [0.4, 0.5) is 0 Å². The predicted molar refractivity (Wildman–Crippen MR) is 124 cm³/mol. The van der Waals surface area contributed by atoms with Gasteiger partial charge in [0.05, 0.1) is 0 Å². The Balaban J connectivity index is 2.25. The molecule has 6 heteroatoms. The minimum absolute atomic E-state index is 0.0925. The fraction of sp³-hybridized carbons (Fsp3) is 0.417. The molecule has 0 saturated heterocycles. The molecule has 0 unspecified atom stereocenters. The van der Waals surface area contributed by atoms with Gasteiger partial charge in [-0.25, -0.2) is 0 Å². The summed E-state index contributed by atoms with van der Waals surface area (Å²) in [5.41, 5.74) is 2.93. The van der Waals surface area contributed by atoms with Gasteiger partial charge in [-0.05, 0) is 43.9 Å². The highest BCUT2D eigenvalue weighted by molar-refractivity contribution is 6.36. The Morgan fingerprint density at radius 2 is 1.67 bits per heavy atom. The molecule has 0 radical (unpaired) electrons. The van der Waals surface area contributed by atoms with Crippen LogP contribution in [0.15, 0.2) is 42.5 Å². The first-order valence-corrected chi connectivity index (χ1v) is 11.2. The van der Waals surface area contributed by atoms with Gasteiger partial charge in [-0.15, -0.1) is 0 Å². The summed E-state index contributed by atoms with van der Waals surface area (Å²) in [6.45, 7) is 6.71. The van der Waals surface area contributed by atoms with Gasteiger partial charge in [-0.3, -0.25) is 9.59 Å². The van der Waals surface area contributed by atoms with E-state index in [2.05, 4.69) is 5.32 Å². The highest BCUT2D eigenvalue weighted by Crippen LogP contribution is 2.27. The topological polar surface area (TPSA) is 49.4 Å². The Labute approximate surface area is 189 Å². The molecule has 2 aromatic rings. The Kier molecular flexibility index (Phi) is 9.67. The molecule has 0 heterocycles. The van der Waals surface area contributed by atoms with Crippen LogP contribution in [0, 0.1) is 6.92 Å². The average molecular weight is 449 g/mol. The maximum Gasteiger partial charge on any atom is 0.242 e. The molecule has 0 aliphatic carbocycles. The van der Waals surface area contributed by atoms with Crippen molar-refractivity contribution in [3.8, 4) is 0 Å². The number of aryl methyl sites for hydroxylation is 2. The third-order valence-electron chi connectivity index (χ3n) is 5.07. The molecular weight excluding hydrogens is 419 g/mol. The van der Waals surface area contributed by atoms with Crippen molar-refractivity contribution in [2.45, 2.75) is 59.0 Å². The summed E-state index contributed by atoms with van der Waals surface area (Å²) in [5.74, 6) is -0.240. The highest BCUT2D eigenvalue weighted by atomic mass is 35.5. The van der Waals surface area contributed by atoms with Crippen LogP contribution in [0.3, 0.4) is 0 Å². The number of hydrogen-bond acceptors (Lipinski definition) is 2. The lowest BCUT2D eigenvalue weighted by Crippen LogP contribution is -2.49. The summed E-state index contributed by atoms with van der Waals surface area (Å²) in [6, 6.07) is 12.8. The average Bonchev–Trinajstić information content (AvgIpc) is 2.73. The van der Waals surface area contributed by atoms with Gasteiger partial charge in [0.2, 0.25) is 11.8 Å². The number of halogens is 2. The lowest BCUT2D eigenvalue weighted by Gasteiger charge is -2.31. The highest BCUT2D eigenvalue weighted by Gasteiger charge is 2.29. The second-order valence-electron chi connectivity index (χ2n) is 7.42. The molecule has 0 aliphatic heterocycles. The molecule has 0 aliphatic rings. The van der Waals surface area contributed by atoms with Gasteiger partial charge in [0.15, 0.2) is 0 Å². The zero-order valence-corrected chi connectivity index (χ0v) is 19.4. The minimum atomic E-state index is -0.575. The van der Waals surface area contributed by atoms with Crippen molar-refractivity contribution >= 4 is 35.0 Å². The Hall–Kier alpha value is -2.04. The SMILES string of the molecule is CCCNC(=O)[C@H](CC)N(Cc1c(Cl)cccc1Cl)C(=O)CCc1ccc(C)cc1. The maximum atomic E-state index is 13.2. The van der Waals surface area contributed by atoms with Crippen molar-refractivity contribution < 1.29 is 9.59 Å². The van der Waals surface area contributed by atoms with Crippen LogP contribution in [0.25, 0.3) is 0 Å². The molecule has 1 atom stereocenters. The zero-order chi connectivity index (χ0) is 22.1. The molecule has 2 aromatic carbocycles. The summed E-state index contributed by atoms with van der Waals surface area (Å²) in [5, 5.41) is 3.89. The summed E-state index contributed by atoms with van der Waals surface area (Å²) < 4.78 is 0. The van der Waals surface area contributed by atoms with Crippen molar-refractivity contribution in [3.05, 3.63) is 69.2 Å². The van der Waals surface area contributed by atoms with E-state index in [-0.39, 0.29) is 18.4 Å². The molecule has 2 rings (SSSR count). The molecule has 0 fully saturated rings. The lowest BCUT2D eigenvalue weighted by atomic mass is 10.0. The van der Waals surface area contributed by atoms with Gasteiger partial charge in [0.25, 0.3) is 0 Å². The Morgan fingerprint density at radius 3 is 2.23 bits per heavy atom. The van der Waals surface area contributed by atoms with E-state index in [1.807, 2.05) is 45.0 Å². The van der Waals surface area contributed by atoms with E-state index in [1.165, 1.54) is 5.56 Å². The van der Waals surface area contributed by atoms with Crippen molar-refractivity contribution in [1.82, 2.24) is 10.2 Å². The van der Waals surface area contributed by atoms with Crippen LogP contribution >= 0.6 is 23.2 Å². The zero-order valence-electron chi connectivity index (χ0n) is 17.9. The first-order chi connectivity index (χ1) is 14.4. The van der Waals surface area contributed by atoms with Crippen LogP contribution < -0.4 is 5.32 Å². The molecule has 0 bridgehead atoms. The summed E-state index contributed by atoms with van der Waals surface area (Å²) in [7, 11) is 0. The van der Waals surface area contributed by atoms with Gasteiger partial charge < -0.3 is 10.2 Å². The van der Waals surface area contributed by atoms with Gasteiger partial charge in [0, 0.05) is 35.1 Å². The third-order valence-corrected chi connectivity index (χ3v) is 5.78. The van der Waals surface area contributed by atoms with E-state index in [9.17, 15) is 9.59 Å². The van der Waals surface area contributed by atoms with Crippen LogP contribution in [0.1, 0.15) is 49.8 Å². The first kappa shape index (κ1) is 24.2. The second-order valence-corrected chi connectivity index (χ2v) is 8.24. The fourth-order valence-electron chi connectivity index (χ4n) is 3.29. The summed E-state index contributed by atoms with van der Waals surface area (Å²) >= 11 is 12.7. The number of carbonyl (C=O) groups is 2. The van der Waals surface area contributed by atoms with Crippen LogP contribution in [0.2, 0.25) is 10.0 Å². The minimum Gasteiger partial charge on any atom is -0.354 e. The number of hydrogen-bond donors (Lipinski definition) is 1. The van der Waals surface area contributed by atoms with Crippen molar-refractivity contribution in [1.29, 1.82) is 0 Å². The van der Waals surface area contributed by atoms with E-state index in [4.69, 9.17) is 23.2 Å².